The van der Waals surface area contributed by atoms with E-state index in [1.165, 1.54) is 24.8 Å². The molecule has 1 amide bonds. The van der Waals surface area contributed by atoms with Gasteiger partial charge >= 0.3 is 0 Å². The van der Waals surface area contributed by atoms with Gasteiger partial charge in [0.25, 0.3) is 0 Å². The van der Waals surface area contributed by atoms with Crippen molar-refractivity contribution < 1.29 is 9.53 Å². The van der Waals surface area contributed by atoms with Gasteiger partial charge in [0.2, 0.25) is 5.91 Å². The maximum Gasteiger partial charge on any atom is 0.217 e. The largest absolute Gasteiger partial charge is 0.374 e. The molecule has 0 unspecified atom stereocenters. The van der Waals surface area contributed by atoms with E-state index in [1.807, 2.05) is 6.07 Å². The Bertz CT molecular complexity index is 473. The van der Waals surface area contributed by atoms with E-state index in [0.29, 0.717) is 12.0 Å². The minimum absolute atomic E-state index is 0.0877. The Labute approximate surface area is 127 Å². The highest BCUT2D eigenvalue weighted by Crippen LogP contribution is 2.36. The van der Waals surface area contributed by atoms with Crippen molar-refractivity contribution in [2.75, 3.05) is 0 Å². The van der Waals surface area contributed by atoms with Crippen LogP contribution in [-0.4, -0.2) is 24.2 Å². The summed E-state index contributed by atoms with van der Waals surface area (Å²) in [6, 6.07) is 10.8. The fourth-order valence-electron chi connectivity index (χ4n) is 3.95. The molecule has 114 valence electrons. The van der Waals surface area contributed by atoms with Gasteiger partial charge in [0.15, 0.2) is 0 Å². The lowest BCUT2D eigenvalue weighted by Crippen LogP contribution is -2.53. The van der Waals surface area contributed by atoms with Crippen LogP contribution in [0.3, 0.4) is 0 Å². The summed E-state index contributed by atoms with van der Waals surface area (Å²) in [4.78, 5) is 11.5. The van der Waals surface area contributed by atoms with Gasteiger partial charge in [-0.15, -0.1) is 0 Å². The summed E-state index contributed by atoms with van der Waals surface area (Å²) in [7, 11) is 0. The van der Waals surface area contributed by atoms with Crippen molar-refractivity contribution in [3.63, 3.8) is 0 Å². The Kier molecular flexibility index (Phi) is 4.59. The highest BCUT2D eigenvalue weighted by molar-refractivity contribution is 5.73. The number of carbonyl (C=O) groups is 1. The number of fused-ring (bicyclic) bond motifs is 1. The summed E-state index contributed by atoms with van der Waals surface area (Å²) in [5.41, 5.74) is 1.32. The quantitative estimate of drug-likeness (QED) is 0.928. The smallest absolute Gasteiger partial charge is 0.217 e. The third kappa shape index (κ3) is 3.65. The van der Waals surface area contributed by atoms with Gasteiger partial charge in [-0.25, -0.2) is 0 Å². The van der Waals surface area contributed by atoms with Crippen LogP contribution in [0.1, 0.15) is 44.6 Å². The number of nitrogens with one attached hydrogen (secondary N) is 1. The molecule has 21 heavy (non-hydrogen) atoms. The molecule has 0 spiro atoms. The molecule has 0 radical (unpaired) electrons. The van der Waals surface area contributed by atoms with E-state index < -0.39 is 0 Å². The first-order chi connectivity index (χ1) is 10.2. The second-order valence-electron chi connectivity index (χ2n) is 6.48. The fraction of sp³-hybridized carbons (Fsp3) is 0.611. The molecule has 1 saturated carbocycles. The second-order valence-corrected chi connectivity index (χ2v) is 6.48. The molecule has 4 atom stereocenters. The van der Waals surface area contributed by atoms with Crippen LogP contribution in [0.4, 0.5) is 0 Å². The number of carbonyl (C=O) groups excluding carboxylic acids is 1. The zero-order chi connectivity index (χ0) is 14.7. The third-order valence-electron chi connectivity index (χ3n) is 4.85. The van der Waals surface area contributed by atoms with Crippen LogP contribution in [0.25, 0.3) is 0 Å². The Morgan fingerprint density at radius 1 is 1.24 bits per heavy atom. The van der Waals surface area contributed by atoms with Crippen LogP contribution in [0.2, 0.25) is 0 Å². The van der Waals surface area contributed by atoms with Gasteiger partial charge in [-0.3, -0.25) is 4.79 Å². The molecular formula is C18H25NO2. The van der Waals surface area contributed by atoms with Gasteiger partial charge in [0.1, 0.15) is 0 Å². The third-order valence-corrected chi connectivity index (χ3v) is 4.85. The summed E-state index contributed by atoms with van der Waals surface area (Å²) < 4.78 is 6.35. The second kappa shape index (κ2) is 6.61. The molecule has 1 aliphatic heterocycles. The summed E-state index contributed by atoms with van der Waals surface area (Å²) in [6.07, 6.45) is 7.30. The van der Waals surface area contributed by atoms with Crippen LogP contribution in [0, 0.1) is 5.92 Å². The average molecular weight is 287 g/mol. The Hall–Kier alpha value is -1.35. The van der Waals surface area contributed by atoms with Crippen molar-refractivity contribution in [2.24, 2.45) is 5.92 Å². The van der Waals surface area contributed by atoms with Crippen LogP contribution in [-0.2, 0) is 16.0 Å². The molecule has 1 aliphatic carbocycles. The first-order valence-electron chi connectivity index (χ1n) is 8.19. The van der Waals surface area contributed by atoms with Gasteiger partial charge in [0, 0.05) is 18.9 Å². The zero-order valence-corrected chi connectivity index (χ0v) is 12.8. The van der Waals surface area contributed by atoms with Crippen molar-refractivity contribution in [3.05, 3.63) is 35.9 Å². The number of hydrogen-bond acceptors (Lipinski definition) is 2. The normalized spacial score (nSPS) is 32.2. The van der Waals surface area contributed by atoms with Crippen molar-refractivity contribution >= 4 is 5.91 Å². The standard InChI is InChI=1S/C18H25NO2/c1-13(20)19-17-12-15(11-14-7-3-2-4-8-14)21-18-10-6-5-9-16(17)18/h2-4,7-8,15-18H,5-6,9-12H2,1H3,(H,19,20)/t15-,16-,17+,18+/m0/s1. The monoisotopic (exact) mass is 287 g/mol. The number of benzene rings is 1. The molecule has 1 heterocycles. The van der Waals surface area contributed by atoms with Gasteiger partial charge in [-0.05, 0) is 31.2 Å². The SMILES string of the molecule is CC(=O)N[C@@H]1C[C@H](Cc2ccccc2)O[C@@H]2CCCC[C@@H]12. The molecule has 1 aromatic rings. The molecule has 1 N–H and O–H groups in total. The summed E-state index contributed by atoms with van der Waals surface area (Å²) in [5.74, 6) is 0.597. The van der Waals surface area contributed by atoms with Gasteiger partial charge in [-0.1, -0.05) is 43.2 Å². The lowest BCUT2D eigenvalue weighted by Gasteiger charge is -2.45. The van der Waals surface area contributed by atoms with E-state index in [-0.39, 0.29) is 18.1 Å². The van der Waals surface area contributed by atoms with Crippen molar-refractivity contribution in [1.29, 1.82) is 0 Å². The Morgan fingerprint density at radius 2 is 2.00 bits per heavy atom. The van der Waals surface area contributed by atoms with E-state index >= 15 is 0 Å². The van der Waals surface area contributed by atoms with Gasteiger partial charge in [-0.2, -0.15) is 0 Å². The van der Waals surface area contributed by atoms with E-state index in [0.717, 1.165) is 19.3 Å². The summed E-state index contributed by atoms with van der Waals surface area (Å²) in [6.45, 7) is 1.62. The lowest BCUT2D eigenvalue weighted by molar-refractivity contribution is -0.130. The summed E-state index contributed by atoms with van der Waals surface area (Å²) in [5, 5.41) is 3.18. The minimum Gasteiger partial charge on any atom is -0.374 e. The predicted octanol–water partition coefficient (Wildman–Crippen LogP) is 3.08. The predicted molar refractivity (Wildman–Crippen MR) is 83.0 cm³/mol. The topological polar surface area (TPSA) is 38.3 Å². The number of amides is 1. The van der Waals surface area contributed by atoms with E-state index in [1.54, 1.807) is 6.92 Å². The first-order valence-corrected chi connectivity index (χ1v) is 8.19. The van der Waals surface area contributed by atoms with Gasteiger partial charge in [0.05, 0.1) is 12.2 Å². The average Bonchev–Trinajstić information content (AvgIpc) is 2.48. The molecule has 0 bridgehead atoms. The maximum atomic E-state index is 11.5. The highest BCUT2D eigenvalue weighted by Gasteiger charge is 2.40. The molecule has 2 fully saturated rings. The van der Waals surface area contributed by atoms with Crippen molar-refractivity contribution in [3.8, 4) is 0 Å². The molecule has 0 aromatic heterocycles. The number of hydrogen-bond donors (Lipinski definition) is 1. The summed E-state index contributed by atoms with van der Waals surface area (Å²) >= 11 is 0. The lowest BCUT2D eigenvalue weighted by atomic mass is 9.76. The molecule has 3 rings (SSSR count). The maximum absolute atomic E-state index is 11.5. The molecule has 3 nitrogen and oxygen atoms in total. The minimum atomic E-state index is 0.0877. The Balaban J connectivity index is 1.69. The van der Waals surface area contributed by atoms with Crippen LogP contribution in [0.15, 0.2) is 30.3 Å². The van der Waals surface area contributed by atoms with Crippen molar-refractivity contribution in [2.45, 2.75) is 63.7 Å². The van der Waals surface area contributed by atoms with E-state index in [4.69, 9.17) is 4.74 Å². The van der Waals surface area contributed by atoms with Crippen molar-refractivity contribution in [1.82, 2.24) is 5.32 Å². The number of rotatable bonds is 3. The molecular weight excluding hydrogens is 262 g/mol. The van der Waals surface area contributed by atoms with E-state index in [9.17, 15) is 4.79 Å². The zero-order valence-electron chi connectivity index (χ0n) is 12.8. The van der Waals surface area contributed by atoms with Crippen LogP contribution in [0.5, 0.6) is 0 Å². The van der Waals surface area contributed by atoms with Crippen LogP contribution < -0.4 is 5.32 Å². The first kappa shape index (κ1) is 14.6. The number of ether oxygens (including phenoxy) is 1. The van der Waals surface area contributed by atoms with E-state index in [2.05, 4.69) is 29.6 Å². The Morgan fingerprint density at radius 3 is 2.76 bits per heavy atom. The molecule has 1 aromatic carbocycles. The van der Waals surface area contributed by atoms with Gasteiger partial charge < -0.3 is 10.1 Å². The molecule has 2 aliphatic rings. The highest BCUT2D eigenvalue weighted by atomic mass is 16.5. The molecule has 3 heteroatoms. The fourth-order valence-corrected chi connectivity index (χ4v) is 3.95. The molecule has 1 saturated heterocycles. The van der Waals surface area contributed by atoms with Crippen LogP contribution >= 0.6 is 0 Å².